The number of hydrogen-bond donors (Lipinski definition) is 0. The van der Waals surface area contributed by atoms with E-state index in [0.29, 0.717) is 19.3 Å². The minimum absolute atomic E-state index is 0.0732. The normalized spacial score (nSPS) is 12.3. The van der Waals surface area contributed by atoms with Gasteiger partial charge in [-0.2, -0.15) is 0 Å². The highest BCUT2D eigenvalue weighted by molar-refractivity contribution is 5.71. The Balaban J connectivity index is 4.16. The van der Waals surface area contributed by atoms with Crippen LogP contribution in [-0.2, 0) is 28.6 Å². The number of carbonyl (C=O) groups is 3. The minimum Gasteiger partial charge on any atom is -0.462 e. The Hall–Kier alpha value is -2.63. The number of hydrogen-bond acceptors (Lipinski definition) is 6. The lowest BCUT2D eigenvalue weighted by atomic mass is 10.0. The summed E-state index contributed by atoms with van der Waals surface area (Å²) in [5, 5.41) is 0. The molecule has 0 spiro atoms. The van der Waals surface area contributed by atoms with Crippen molar-refractivity contribution in [1.29, 1.82) is 0 Å². The van der Waals surface area contributed by atoms with Gasteiger partial charge in [0.1, 0.15) is 13.2 Å². The topological polar surface area (TPSA) is 78.9 Å². The fourth-order valence-corrected chi connectivity index (χ4v) is 11.0. The summed E-state index contributed by atoms with van der Waals surface area (Å²) in [6.45, 7) is 6.65. The molecule has 0 radical (unpaired) electrons. The number of carbonyl (C=O) groups excluding carboxylic acids is 3. The molecule has 0 aromatic heterocycles. The van der Waals surface area contributed by atoms with E-state index >= 15 is 0 Å². The van der Waals surface area contributed by atoms with E-state index in [1.807, 2.05) is 0 Å². The zero-order valence-corrected chi connectivity index (χ0v) is 55.3. The van der Waals surface area contributed by atoms with Crippen LogP contribution < -0.4 is 0 Å². The van der Waals surface area contributed by atoms with E-state index in [1.54, 1.807) is 0 Å². The van der Waals surface area contributed by atoms with E-state index in [0.717, 1.165) is 77.0 Å². The molecule has 0 rings (SSSR count). The van der Waals surface area contributed by atoms with Crippen LogP contribution in [0.5, 0.6) is 0 Å². The van der Waals surface area contributed by atoms with Crippen LogP contribution in [-0.4, -0.2) is 37.2 Å². The average molecular weight is 1150 g/mol. The Morgan fingerprint density at radius 1 is 0.244 bits per heavy atom. The van der Waals surface area contributed by atoms with Gasteiger partial charge in [0.2, 0.25) is 0 Å². The Bertz CT molecular complexity index is 1410. The summed E-state index contributed by atoms with van der Waals surface area (Å²) in [6.07, 6.45) is 90.2. The Morgan fingerprint density at radius 2 is 0.451 bits per heavy atom. The van der Waals surface area contributed by atoms with Crippen LogP contribution in [0.3, 0.4) is 0 Å². The molecule has 0 saturated carbocycles. The monoisotopic (exact) mass is 1150 g/mol. The van der Waals surface area contributed by atoms with E-state index < -0.39 is 6.10 Å². The Kier molecular flexibility index (Phi) is 68.6. The van der Waals surface area contributed by atoms with Gasteiger partial charge in [0, 0.05) is 19.3 Å². The van der Waals surface area contributed by atoms with Crippen molar-refractivity contribution in [3.8, 4) is 0 Å². The van der Waals surface area contributed by atoms with Gasteiger partial charge >= 0.3 is 17.9 Å². The van der Waals surface area contributed by atoms with Gasteiger partial charge in [-0.15, -0.1) is 0 Å². The third-order valence-electron chi connectivity index (χ3n) is 16.6. The fraction of sp³-hybridized carbons (Fsp3) is 0.855. The van der Waals surface area contributed by atoms with Crippen LogP contribution in [0.25, 0.3) is 0 Å². The molecular formula is C76H140O6. The number of rotatable bonds is 68. The van der Waals surface area contributed by atoms with Gasteiger partial charge in [-0.25, -0.2) is 0 Å². The summed E-state index contributed by atoms with van der Waals surface area (Å²) >= 11 is 0. The quantitative estimate of drug-likeness (QED) is 0.0261. The number of ether oxygens (including phenoxy) is 3. The van der Waals surface area contributed by atoms with Gasteiger partial charge in [-0.05, 0) is 77.0 Å². The molecule has 0 bridgehead atoms. The summed E-state index contributed by atoms with van der Waals surface area (Å²) in [4.78, 5) is 38.4. The second-order valence-electron chi connectivity index (χ2n) is 24.9. The van der Waals surface area contributed by atoms with Crippen molar-refractivity contribution in [3.63, 3.8) is 0 Å². The van der Waals surface area contributed by atoms with Crippen LogP contribution >= 0.6 is 0 Å². The zero-order chi connectivity index (χ0) is 59.2. The van der Waals surface area contributed by atoms with Gasteiger partial charge in [-0.1, -0.05) is 352 Å². The molecule has 0 aliphatic heterocycles. The van der Waals surface area contributed by atoms with Crippen molar-refractivity contribution in [3.05, 3.63) is 48.6 Å². The smallest absolute Gasteiger partial charge is 0.306 e. The van der Waals surface area contributed by atoms with E-state index in [4.69, 9.17) is 14.2 Å². The molecule has 1 atom stereocenters. The molecule has 0 saturated heterocycles. The molecule has 0 fully saturated rings. The Morgan fingerprint density at radius 3 is 0.732 bits per heavy atom. The van der Waals surface area contributed by atoms with E-state index in [1.165, 1.54) is 283 Å². The van der Waals surface area contributed by atoms with E-state index in [2.05, 4.69) is 69.4 Å². The molecule has 0 amide bonds. The lowest BCUT2D eigenvalue weighted by Gasteiger charge is -2.18. The van der Waals surface area contributed by atoms with E-state index in [9.17, 15) is 14.4 Å². The molecule has 82 heavy (non-hydrogen) atoms. The largest absolute Gasteiger partial charge is 0.462 e. The summed E-state index contributed by atoms with van der Waals surface area (Å²) in [5.74, 6) is -0.862. The highest BCUT2D eigenvalue weighted by atomic mass is 16.6. The lowest BCUT2D eigenvalue weighted by molar-refractivity contribution is -0.167. The number of esters is 3. The maximum Gasteiger partial charge on any atom is 0.306 e. The first-order valence-electron chi connectivity index (χ1n) is 36.6. The maximum atomic E-state index is 12.9. The SMILES string of the molecule is CCCC/C=C\CCCCCCCC(=O)OCC(COC(=O)CCCCCCCCCCCCCCCCCCCCCCCCCCCCCC)OC(=O)CCCCCCCCCCCC/C=C\C/C=C\C/C=C\CCCCCCC. The third-order valence-corrected chi connectivity index (χ3v) is 16.6. The predicted octanol–water partition coefficient (Wildman–Crippen LogP) is 25.3. The number of allylic oxidation sites excluding steroid dienone is 8. The first kappa shape index (κ1) is 79.4. The van der Waals surface area contributed by atoms with Crippen LogP contribution in [0.1, 0.15) is 400 Å². The highest BCUT2D eigenvalue weighted by Crippen LogP contribution is 2.19. The molecule has 0 aromatic rings. The van der Waals surface area contributed by atoms with Crippen molar-refractivity contribution >= 4 is 17.9 Å². The van der Waals surface area contributed by atoms with Crippen molar-refractivity contribution in [1.82, 2.24) is 0 Å². The zero-order valence-electron chi connectivity index (χ0n) is 55.3. The third kappa shape index (κ3) is 68.2. The molecule has 1 unspecified atom stereocenters. The van der Waals surface area contributed by atoms with Crippen molar-refractivity contribution in [2.24, 2.45) is 0 Å². The second-order valence-corrected chi connectivity index (χ2v) is 24.9. The average Bonchev–Trinajstić information content (AvgIpc) is 3.48. The van der Waals surface area contributed by atoms with Crippen molar-refractivity contribution < 1.29 is 28.6 Å². The first-order valence-corrected chi connectivity index (χ1v) is 36.6. The van der Waals surface area contributed by atoms with Crippen LogP contribution in [0.4, 0.5) is 0 Å². The summed E-state index contributed by atoms with van der Waals surface area (Å²) < 4.78 is 17.0. The van der Waals surface area contributed by atoms with Gasteiger partial charge in [0.15, 0.2) is 6.10 Å². The maximum absolute atomic E-state index is 12.9. The summed E-state index contributed by atoms with van der Waals surface area (Å²) in [7, 11) is 0. The molecule has 480 valence electrons. The van der Waals surface area contributed by atoms with Gasteiger partial charge < -0.3 is 14.2 Å². The van der Waals surface area contributed by atoms with Crippen molar-refractivity contribution in [2.75, 3.05) is 13.2 Å². The second kappa shape index (κ2) is 70.9. The van der Waals surface area contributed by atoms with Crippen LogP contribution in [0.2, 0.25) is 0 Å². The molecule has 0 aliphatic rings. The molecule has 0 heterocycles. The molecule has 0 aliphatic carbocycles. The lowest BCUT2D eigenvalue weighted by Crippen LogP contribution is -2.30. The molecular weight excluding hydrogens is 1010 g/mol. The number of unbranched alkanes of at least 4 members (excludes halogenated alkanes) is 49. The van der Waals surface area contributed by atoms with E-state index in [-0.39, 0.29) is 31.1 Å². The van der Waals surface area contributed by atoms with Gasteiger partial charge in [0.05, 0.1) is 0 Å². The fourth-order valence-electron chi connectivity index (χ4n) is 11.0. The van der Waals surface area contributed by atoms with Crippen LogP contribution in [0, 0.1) is 0 Å². The van der Waals surface area contributed by atoms with Gasteiger partial charge in [0.25, 0.3) is 0 Å². The van der Waals surface area contributed by atoms with Gasteiger partial charge in [-0.3, -0.25) is 14.4 Å². The summed E-state index contributed by atoms with van der Waals surface area (Å²) in [5.41, 5.74) is 0. The van der Waals surface area contributed by atoms with Crippen molar-refractivity contribution in [2.45, 2.75) is 406 Å². The molecule has 6 heteroatoms. The standard InChI is InChI=1S/C76H140O6/c1-4-7-10-13-16-19-22-24-26-28-30-32-34-36-37-38-40-41-43-45-47-49-51-54-57-60-63-66-69-75(78)81-72-73(71-80-74(77)68-65-62-59-56-53-21-18-15-12-9-6-3)82-76(79)70-67-64-61-58-55-52-50-48-46-44-42-39-35-33-31-29-27-25-23-20-17-14-11-8-5-2/h15,18,23,25,29,31,35,39,73H,4-14,16-17,19-22,24,26-28,30,32-34,36-38,40-72H2,1-3H3/b18-15-,25-23-,31-29-,39-35-. The molecule has 0 N–H and O–H groups in total. The minimum atomic E-state index is -0.778. The predicted molar refractivity (Wildman–Crippen MR) is 358 cm³/mol. The summed E-state index contributed by atoms with van der Waals surface area (Å²) in [6, 6.07) is 0. The molecule has 6 nitrogen and oxygen atoms in total. The van der Waals surface area contributed by atoms with Crippen LogP contribution in [0.15, 0.2) is 48.6 Å². The Labute approximate surface area is 511 Å². The highest BCUT2D eigenvalue weighted by Gasteiger charge is 2.19. The molecule has 0 aromatic carbocycles. The first-order chi connectivity index (χ1) is 40.5.